The molecule has 0 spiro atoms. The van der Waals surface area contributed by atoms with Gasteiger partial charge in [-0.25, -0.2) is 4.98 Å². The van der Waals surface area contributed by atoms with Gasteiger partial charge in [0.2, 0.25) is 0 Å². The van der Waals surface area contributed by atoms with Gasteiger partial charge in [-0.15, -0.1) is 21.5 Å². The molecule has 0 aliphatic rings. The SMILES string of the molecule is Cc1ccc(-n2cnnc2SCc2cc(=O)n3c(C)csc3n2)c(C)c1. The minimum Gasteiger partial charge on any atom is -0.276 e. The molecule has 4 aromatic rings. The van der Waals surface area contributed by atoms with Crippen molar-refractivity contribution in [3.8, 4) is 5.69 Å². The van der Waals surface area contributed by atoms with Gasteiger partial charge < -0.3 is 0 Å². The maximum Gasteiger partial charge on any atom is 0.258 e. The minimum atomic E-state index is -0.0415. The number of benzene rings is 1. The number of thioether (sulfide) groups is 1. The monoisotopic (exact) mass is 383 g/mol. The Morgan fingerprint density at radius 2 is 2.04 bits per heavy atom. The molecule has 0 unspecified atom stereocenters. The van der Waals surface area contributed by atoms with E-state index < -0.39 is 0 Å². The van der Waals surface area contributed by atoms with E-state index in [1.54, 1.807) is 16.8 Å². The van der Waals surface area contributed by atoms with Crippen LogP contribution in [-0.4, -0.2) is 24.1 Å². The van der Waals surface area contributed by atoms with Crippen molar-refractivity contribution in [2.75, 3.05) is 0 Å². The van der Waals surface area contributed by atoms with Crippen molar-refractivity contribution in [1.82, 2.24) is 24.1 Å². The van der Waals surface area contributed by atoms with Gasteiger partial charge in [-0.2, -0.15) is 0 Å². The molecule has 0 N–H and O–H groups in total. The summed E-state index contributed by atoms with van der Waals surface area (Å²) in [6.45, 7) is 6.06. The Morgan fingerprint density at radius 1 is 1.19 bits per heavy atom. The Labute approximate surface area is 158 Å². The Balaban J connectivity index is 1.62. The van der Waals surface area contributed by atoms with Gasteiger partial charge in [-0.1, -0.05) is 29.5 Å². The molecule has 0 radical (unpaired) electrons. The second-order valence-electron chi connectivity index (χ2n) is 6.14. The summed E-state index contributed by atoms with van der Waals surface area (Å²) < 4.78 is 3.61. The Hall–Kier alpha value is -2.45. The molecule has 0 atom stereocenters. The van der Waals surface area contributed by atoms with Crippen LogP contribution in [0.3, 0.4) is 0 Å². The van der Waals surface area contributed by atoms with Gasteiger partial charge in [0.05, 0.1) is 11.4 Å². The standard InChI is InChI=1S/C18H17N5OS2/c1-11-4-5-15(12(2)6-11)22-10-19-21-18(22)26-9-14-7-16(24)23-13(3)8-25-17(23)20-14/h4-8,10H,9H2,1-3H3. The first kappa shape index (κ1) is 17.0. The average molecular weight is 384 g/mol. The Morgan fingerprint density at radius 3 is 2.85 bits per heavy atom. The first-order valence-corrected chi connectivity index (χ1v) is 9.96. The van der Waals surface area contributed by atoms with E-state index in [-0.39, 0.29) is 5.56 Å². The fourth-order valence-corrected chi connectivity index (χ4v) is 4.58. The van der Waals surface area contributed by atoms with E-state index in [2.05, 4.69) is 47.2 Å². The van der Waals surface area contributed by atoms with Crippen molar-refractivity contribution in [2.45, 2.75) is 31.7 Å². The third-order valence-electron chi connectivity index (χ3n) is 4.11. The van der Waals surface area contributed by atoms with Crippen LogP contribution in [0.5, 0.6) is 0 Å². The first-order chi connectivity index (χ1) is 12.5. The van der Waals surface area contributed by atoms with Crippen LogP contribution >= 0.6 is 23.1 Å². The van der Waals surface area contributed by atoms with Crippen LogP contribution in [-0.2, 0) is 5.75 Å². The molecule has 4 rings (SSSR count). The third-order valence-corrected chi connectivity index (χ3v) is 6.03. The van der Waals surface area contributed by atoms with Gasteiger partial charge >= 0.3 is 0 Å². The number of fused-ring (bicyclic) bond motifs is 1. The fraction of sp³-hybridized carbons (Fsp3) is 0.222. The number of hydrogen-bond donors (Lipinski definition) is 0. The van der Waals surface area contributed by atoms with Crippen LogP contribution < -0.4 is 5.56 Å². The van der Waals surface area contributed by atoms with Gasteiger partial charge in [0.15, 0.2) is 10.1 Å². The van der Waals surface area contributed by atoms with Crippen molar-refractivity contribution in [1.29, 1.82) is 0 Å². The smallest absolute Gasteiger partial charge is 0.258 e. The number of aryl methyl sites for hydroxylation is 3. The van der Waals surface area contributed by atoms with E-state index in [1.807, 2.05) is 16.9 Å². The van der Waals surface area contributed by atoms with E-state index in [1.165, 1.54) is 34.2 Å². The largest absolute Gasteiger partial charge is 0.276 e. The molecule has 0 saturated carbocycles. The minimum absolute atomic E-state index is 0.0415. The predicted molar refractivity (Wildman–Crippen MR) is 104 cm³/mol. The van der Waals surface area contributed by atoms with E-state index in [0.29, 0.717) is 5.75 Å². The fourth-order valence-electron chi connectivity index (χ4n) is 2.88. The Bertz CT molecular complexity index is 1160. The van der Waals surface area contributed by atoms with Gasteiger partial charge in [0.25, 0.3) is 5.56 Å². The highest BCUT2D eigenvalue weighted by atomic mass is 32.2. The summed E-state index contributed by atoms with van der Waals surface area (Å²) >= 11 is 3.00. The zero-order valence-electron chi connectivity index (χ0n) is 14.6. The van der Waals surface area contributed by atoms with Crippen LogP contribution in [0.4, 0.5) is 0 Å². The molecular formula is C18H17N5OS2. The lowest BCUT2D eigenvalue weighted by Gasteiger charge is -2.10. The van der Waals surface area contributed by atoms with E-state index in [0.717, 1.165) is 27.2 Å². The van der Waals surface area contributed by atoms with Crippen molar-refractivity contribution in [2.24, 2.45) is 0 Å². The van der Waals surface area contributed by atoms with Gasteiger partial charge in [-0.05, 0) is 32.4 Å². The van der Waals surface area contributed by atoms with Crippen molar-refractivity contribution in [3.63, 3.8) is 0 Å². The first-order valence-electron chi connectivity index (χ1n) is 8.10. The quantitative estimate of drug-likeness (QED) is 0.504. The van der Waals surface area contributed by atoms with Crippen LogP contribution in [0, 0.1) is 20.8 Å². The highest BCUT2D eigenvalue weighted by Crippen LogP contribution is 2.25. The lowest BCUT2D eigenvalue weighted by atomic mass is 10.1. The summed E-state index contributed by atoms with van der Waals surface area (Å²) in [6, 6.07) is 7.88. The summed E-state index contributed by atoms with van der Waals surface area (Å²) in [5.74, 6) is 0.562. The summed E-state index contributed by atoms with van der Waals surface area (Å²) in [5, 5.41) is 11.0. The molecule has 8 heteroatoms. The third kappa shape index (κ3) is 3.06. The highest BCUT2D eigenvalue weighted by Gasteiger charge is 2.12. The second-order valence-corrected chi connectivity index (χ2v) is 7.92. The zero-order chi connectivity index (χ0) is 18.3. The molecule has 0 bridgehead atoms. The Kier molecular flexibility index (Phi) is 4.37. The molecule has 6 nitrogen and oxygen atoms in total. The molecule has 0 amide bonds. The van der Waals surface area contributed by atoms with Gasteiger partial charge in [0, 0.05) is 22.9 Å². The normalized spacial score (nSPS) is 11.3. The maximum atomic E-state index is 12.3. The van der Waals surface area contributed by atoms with E-state index in [9.17, 15) is 4.79 Å². The number of aromatic nitrogens is 5. The highest BCUT2D eigenvalue weighted by molar-refractivity contribution is 7.98. The second kappa shape index (κ2) is 6.69. The van der Waals surface area contributed by atoms with Gasteiger partial charge in [0.1, 0.15) is 6.33 Å². The van der Waals surface area contributed by atoms with Crippen molar-refractivity contribution >= 4 is 28.1 Å². The van der Waals surface area contributed by atoms with Gasteiger partial charge in [-0.3, -0.25) is 13.8 Å². The lowest BCUT2D eigenvalue weighted by Crippen LogP contribution is -2.14. The number of thiazole rings is 1. The van der Waals surface area contributed by atoms with Crippen LogP contribution in [0.1, 0.15) is 22.5 Å². The topological polar surface area (TPSA) is 65.1 Å². The summed E-state index contributed by atoms with van der Waals surface area (Å²) in [4.78, 5) is 17.6. The molecule has 3 heterocycles. The predicted octanol–water partition coefficient (Wildman–Crippen LogP) is 3.55. The molecule has 26 heavy (non-hydrogen) atoms. The molecular weight excluding hydrogens is 366 g/mol. The average Bonchev–Trinajstić information content (AvgIpc) is 3.20. The molecule has 1 aromatic carbocycles. The number of nitrogens with zero attached hydrogens (tertiary/aromatic N) is 5. The lowest BCUT2D eigenvalue weighted by molar-refractivity contribution is 0.876. The van der Waals surface area contributed by atoms with E-state index >= 15 is 0 Å². The molecule has 132 valence electrons. The number of rotatable bonds is 4. The molecule has 0 saturated heterocycles. The summed E-state index contributed by atoms with van der Waals surface area (Å²) in [5.41, 5.74) is 5.06. The van der Waals surface area contributed by atoms with Crippen LogP contribution in [0.25, 0.3) is 10.6 Å². The van der Waals surface area contributed by atoms with Crippen LogP contribution in [0.2, 0.25) is 0 Å². The van der Waals surface area contributed by atoms with E-state index in [4.69, 9.17) is 0 Å². The molecule has 0 aliphatic heterocycles. The van der Waals surface area contributed by atoms with Crippen LogP contribution in [0.15, 0.2) is 45.9 Å². The van der Waals surface area contributed by atoms with Crippen molar-refractivity contribution in [3.05, 3.63) is 68.8 Å². The number of hydrogen-bond acceptors (Lipinski definition) is 6. The summed E-state index contributed by atoms with van der Waals surface area (Å²) in [7, 11) is 0. The summed E-state index contributed by atoms with van der Waals surface area (Å²) in [6.07, 6.45) is 1.72. The molecule has 0 fully saturated rings. The van der Waals surface area contributed by atoms with Crippen molar-refractivity contribution < 1.29 is 0 Å². The molecule has 3 aromatic heterocycles. The zero-order valence-corrected chi connectivity index (χ0v) is 16.3. The maximum absolute atomic E-state index is 12.3. The molecule has 0 aliphatic carbocycles.